The number of nitrogens with one attached hydrogen (secondary N) is 1. The van der Waals surface area contributed by atoms with Gasteiger partial charge in [0.1, 0.15) is 5.75 Å². The lowest BCUT2D eigenvalue weighted by atomic mass is 10.2. The Balaban J connectivity index is 1.29. The van der Waals surface area contributed by atoms with Crippen molar-refractivity contribution in [3.05, 3.63) is 48.5 Å². The van der Waals surface area contributed by atoms with Gasteiger partial charge in [0.25, 0.3) is 0 Å². The van der Waals surface area contributed by atoms with E-state index in [4.69, 9.17) is 9.47 Å². The number of carbonyl (C=O) groups is 1. The lowest BCUT2D eigenvalue weighted by molar-refractivity contribution is -0.113. The molecule has 0 spiro atoms. The number of benzene rings is 2. The molecule has 9 nitrogen and oxygen atoms in total. The van der Waals surface area contributed by atoms with Gasteiger partial charge in [0, 0.05) is 25.3 Å². The first kappa shape index (κ1) is 23.7. The Morgan fingerprint density at radius 2 is 1.89 bits per heavy atom. The molecular weight excluding hydrogens is 466 g/mol. The van der Waals surface area contributed by atoms with Crippen molar-refractivity contribution in [3.63, 3.8) is 0 Å². The zero-order valence-electron chi connectivity index (χ0n) is 19.4. The molecule has 10 heteroatoms. The molecule has 35 heavy (non-hydrogen) atoms. The first-order valence-corrected chi connectivity index (χ1v) is 12.8. The van der Waals surface area contributed by atoms with Crippen LogP contribution in [0.5, 0.6) is 5.75 Å². The molecule has 3 aromatic rings. The monoisotopic (exact) mass is 495 g/mol. The van der Waals surface area contributed by atoms with E-state index in [1.807, 2.05) is 41.0 Å². The molecule has 2 aliphatic rings. The molecule has 2 fully saturated rings. The summed E-state index contributed by atoms with van der Waals surface area (Å²) in [7, 11) is 0. The van der Waals surface area contributed by atoms with Crippen LogP contribution in [0.2, 0.25) is 0 Å². The number of rotatable bonds is 8. The largest absolute Gasteiger partial charge is 0.508 e. The molecule has 2 aliphatic heterocycles. The van der Waals surface area contributed by atoms with E-state index in [2.05, 4.69) is 20.4 Å². The van der Waals surface area contributed by atoms with Crippen LogP contribution < -0.4 is 10.2 Å². The summed E-state index contributed by atoms with van der Waals surface area (Å²) in [4.78, 5) is 15.1. The fourth-order valence-electron chi connectivity index (χ4n) is 4.35. The van der Waals surface area contributed by atoms with Crippen molar-refractivity contribution in [2.75, 3.05) is 48.9 Å². The Labute approximate surface area is 208 Å². The standard InChI is InChI=1S/C25H29N5O4S/c31-19-9-7-18(8-10-19)24-27-28-25(30(24)16-20-4-3-13-34-20)35-17-23(32)26-21-5-1-2-6-22(21)29-11-14-33-15-12-29/h1-2,5-10,20,31H,3-4,11-17H2,(H,26,32)/t20-/m0/s1. The molecule has 0 bridgehead atoms. The Kier molecular flexibility index (Phi) is 7.51. The molecule has 2 N–H and O–H groups in total. The summed E-state index contributed by atoms with van der Waals surface area (Å²) < 4.78 is 13.3. The summed E-state index contributed by atoms with van der Waals surface area (Å²) in [6.07, 6.45) is 2.11. The van der Waals surface area contributed by atoms with Crippen LogP contribution in [0.1, 0.15) is 12.8 Å². The highest BCUT2D eigenvalue weighted by molar-refractivity contribution is 7.99. The lowest BCUT2D eigenvalue weighted by Gasteiger charge is -2.30. The van der Waals surface area contributed by atoms with Gasteiger partial charge in [-0.05, 0) is 49.2 Å². The van der Waals surface area contributed by atoms with Crippen LogP contribution in [0.25, 0.3) is 11.4 Å². The highest BCUT2D eigenvalue weighted by atomic mass is 32.2. The average molecular weight is 496 g/mol. The number of anilines is 2. The molecule has 1 aromatic heterocycles. The fourth-order valence-corrected chi connectivity index (χ4v) is 5.10. The molecule has 0 aliphatic carbocycles. The number of thioether (sulfide) groups is 1. The summed E-state index contributed by atoms with van der Waals surface area (Å²) in [5, 5.41) is 22.2. The number of nitrogens with zero attached hydrogens (tertiary/aromatic N) is 4. The number of morpholine rings is 1. The zero-order chi connectivity index (χ0) is 24.0. The molecular formula is C25H29N5O4S. The van der Waals surface area contributed by atoms with E-state index in [0.29, 0.717) is 30.7 Å². The molecule has 1 amide bonds. The Bertz CT molecular complexity index is 1140. The number of phenolic OH excluding ortho intramolecular Hbond substituents is 1. The van der Waals surface area contributed by atoms with E-state index in [0.717, 1.165) is 49.5 Å². The molecule has 184 valence electrons. The van der Waals surface area contributed by atoms with Gasteiger partial charge in [-0.15, -0.1) is 10.2 Å². The van der Waals surface area contributed by atoms with Gasteiger partial charge in [-0.3, -0.25) is 9.36 Å². The van der Waals surface area contributed by atoms with Crippen LogP contribution in [-0.2, 0) is 20.8 Å². The van der Waals surface area contributed by atoms with E-state index in [9.17, 15) is 9.90 Å². The van der Waals surface area contributed by atoms with Crippen molar-refractivity contribution >= 4 is 29.0 Å². The molecule has 3 heterocycles. The first-order valence-electron chi connectivity index (χ1n) is 11.9. The van der Waals surface area contributed by atoms with Crippen LogP contribution >= 0.6 is 11.8 Å². The minimum absolute atomic E-state index is 0.0930. The van der Waals surface area contributed by atoms with Gasteiger partial charge < -0.3 is 24.8 Å². The lowest BCUT2D eigenvalue weighted by Crippen LogP contribution is -2.36. The second kappa shape index (κ2) is 11.1. The number of hydrogen-bond acceptors (Lipinski definition) is 8. The van der Waals surface area contributed by atoms with Gasteiger partial charge >= 0.3 is 0 Å². The highest BCUT2D eigenvalue weighted by Gasteiger charge is 2.23. The Morgan fingerprint density at radius 1 is 1.09 bits per heavy atom. The molecule has 0 radical (unpaired) electrons. The van der Waals surface area contributed by atoms with Crippen molar-refractivity contribution in [3.8, 4) is 17.1 Å². The molecule has 0 saturated carbocycles. The van der Waals surface area contributed by atoms with Crippen molar-refractivity contribution in [2.45, 2.75) is 30.6 Å². The van der Waals surface area contributed by atoms with Crippen molar-refractivity contribution in [1.29, 1.82) is 0 Å². The van der Waals surface area contributed by atoms with Gasteiger partial charge in [-0.2, -0.15) is 0 Å². The van der Waals surface area contributed by atoms with E-state index >= 15 is 0 Å². The van der Waals surface area contributed by atoms with Crippen molar-refractivity contribution in [2.24, 2.45) is 0 Å². The Hall–Kier alpha value is -3.08. The molecule has 2 saturated heterocycles. The van der Waals surface area contributed by atoms with Crippen LogP contribution in [0.3, 0.4) is 0 Å². The van der Waals surface area contributed by atoms with E-state index in [1.165, 1.54) is 11.8 Å². The van der Waals surface area contributed by atoms with Gasteiger partial charge in [-0.1, -0.05) is 23.9 Å². The minimum atomic E-state index is -0.103. The number of ether oxygens (including phenoxy) is 2. The molecule has 5 rings (SSSR count). The molecule has 1 atom stereocenters. The predicted octanol–water partition coefficient (Wildman–Crippen LogP) is 3.40. The summed E-state index contributed by atoms with van der Waals surface area (Å²) in [5.74, 6) is 0.994. The van der Waals surface area contributed by atoms with Crippen LogP contribution in [0.15, 0.2) is 53.7 Å². The third-order valence-corrected chi connectivity index (χ3v) is 7.08. The quantitative estimate of drug-likeness (QED) is 0.459. The maximum atomic E-state index is 12.9. The fraction of sp³-hybridized carbons (Fsp3) is 0.400. The third kappa shape index (κ3) is 5.77. The van der Waals surface area contributed by atoms with E-state index in [-0.39, 0.29) is 23.5 Å². The second-order valence-corrected chi connectivity index (χ2v) is 9.49. The number of aromatic hydroxyl groups is 1. The van der Waals surface area contributed by atoms with Gasteiger partial charge in [0.05, 0.1) is 43.0 Å². The van der Waals surface area contributed by atoms with Gasteiger partial charge in [0.15, 0.2) is 11.0 Å². The minimum Gasteiger partial charge on any atom is -0.508 e. The maximum Gasteiger partial charge on any atom is 0.234 e. The number of amides is 1. The number of carbonyl (C=O) groups excluding carboxylic acids is 1. The van der Waals surface area contributed by atoms with Gasteiger partial charge in [-0.25, -0.2) is 0 Å². The molecule has 0 unspecified atom stereocenters. The zero-order valence-corrected chi connectivity index (χ0v) is 20.2. The normalized spacial score (nSPS) is 18.1. The van der Waals surface area contributed by atoms with E-state index in [1.54, 1.807) is 12.1 Å². The van der Waals surface area contributed by atoms with E-state index < -0.39 is 0 Å². The number of phenols is 1. The Morgan fingerprint density at radius 3 is 2.66 bits per heavy atom. The first-order chi connectivity index (χ1) is 17.2. The highest BCUT2D eigenvalue weighted by Crippen LogP contribution is 2.29. The second-order valence-electron chi connectivity index (χ2n) is 8.55. The van der Waals surface area contributed by atoms with Crippen molar-refractivity contribution in [1.82, 2.24) is 14.8 Å². The SMILES string of the molecule is O=C(CSc1nnc(-c2ccc(O)cc2)n1C[C@@H]1CCCO1)Nc1ccccc1N1CCOCC1. The van der Waals surface area contributed by atoms with Crippen LogP contribution in [-0.4, -0.2) is 70.5 Å². The van der Waals surface area contributed by atoms with Gasteiger partial charge in [0.2, 0.25) is 5.91 Å². The summed E-state index contributed by atoms with van der Waals surface area (Å²) in [6.45, 7) is 4.34. The van der Waals surface area contributed by atoms with Crippen molar-refractivity contribution < 1.29 is 19.4 Å². The number of para-hydroxylation sites is 2. The summed E-state index contributed by atoms with van der Waals surface area (Å²) in [6, 6.07) is 14.7. The molecule has 2 aromatic carbocycles. The summed E-state index contributed by atoms with van der Waals surface area (Å²) >= 11 is 1.36. The smallest absolute Gasteiger partial charge is 0.234 e. The summed E-state index contributed by atoms with van der Waals surface area (Å²) in [5.41, 5.74) is 2.65. The number of aromatic nitrogens is 3. The van der Waals surface area contributed by atoms with Crippen LogP contribution in [0, 0.1) is 0 Å². The number of hydrogen-bond donors (Lipinski definition) is 2. The topological polar surface area (TPSA) is 102 Å². The predicted molar refractivity (Wildman–Crippen MR) is 135 cm³/mol. The average Bonchev–Trinajstić information content (AvgIpc) is 3.55. The maximum absolute atomic E-state index is 12.9. The third-order valence-electron chi connectivity index (χ3n) is 6.11. The van der Waals surface area contributed by atoms with Crippen LogP contribution in [0.4, 0.5) is 11.4 Å².